The van der Waals surface area contributed by atoms with Gasteiger partial charge in [-0.1, -0.05) is 29.9 Å². The molecule has 3 rings (SSSR count). The minimum atomic E-state index is -4.46. The molecular weight excluding hydrogens is 523 g/mol. The fourth-order valence-corrected chi connectivity index (χ4v) is 5.01. The highest BCUT2D eigenvalue weighted by molar-refractivity contribution is 7.52. The van der Waals surface area contributed by atoms with Gasteiger partial charge in [0.15, 0.2) is 6.23 Å². The summed E-state index contributed by atoms with van der Waals surface area (Å²) in [6, 6.07) is 5.95. The first kappa shape index (κ1) is 29.1. The quantitative estimate of drug-likeness (QED) is 0.104. The van der Waals surface area contributed by atoms with E-state index in [-0.39, 0.29) is 11.4 Å². The molecule has 1 fully saturated rings. The molecular formula is C22H29N6O9P. The van der Waals surface area contributed by atoms with Crippen LogP contribution in [0.15, 0.2) is 60.0 Å². The zero-order valence-corrected chi connectivity index (χ0v) is 21.7. The second-order valence-electron chi connectivity index (χ2n) is 8.67. The summed E-state index contributed by atoms with van der Waals surface area (Å²) in [6.07, 6.45) is -3.00. The van der Waals surface area contributed by atoms with Crippen molar-refractivity contribution in [3.05, 3.63) is 65.3 Å². The number of aliphatic hydroxyl groups excluding tert-OH is 2. The number of benzene rings is 1. The molecule has 2 aliphatic heterocycles. The molecule has 0 spiro atoms. The van der Waals surface area contributed by atoms with Crippen LogP contribution in [0.4, 0.5) is 4.79 Å². The van der Waals surface area contributed by atoms with Gasteiger partial charge in [-0.2, -0.15) is 5.09 Å². The number of amides is 2. The van der Waals surface area contributed by atoms with Gasteiger partial charge >= 0.3 is 19.7 Å². The van der Waals surface area contributed by atoms with E-state index in [1.807, 2.05) is 0 Å². The van der Waals surface area contributed by atoms with Crippen LogP contribution in [0.25, 0.3) is 10.4 Å². The summed E-state index contributed by atoms with van der Waals surface area (Å²) in [7, 11) is -4.46. The first-order valence-electron chi connectivity index (χ1n) is 11.4. The topological polar surface area (TPSA) is 205 Å². The van der Waals surface area contributed by atoms with Gasteiger partial charge in [-0.25, -0.2) is 9.36 Å². The van der Waals surface area contributed by atoms with E-state index in [9.17, 15) is 29.9 Å². The summed E-state index contributed by atoms with van der Waals surface area (Å²) >= 11 is 0. The molecule has 0 radical (unpaired) electrons. The van der Waals surface area contributed by atoms with E-state index in [1.165, 1.54) is 31.3 Å². The summed E-state index contributed by atoms with van der Waals surface area (Å²) in [5.74, 6) is -0.644. The summed E-state index contributed by atoms with van der Waals surface area (Å²) in [6.45, 7) is 7.32. The third-order valence-electron chi connectivity index (χ3n) is 5.30. The third kappa shape index (κ3) is 6.71. The van der Waals surface area contributed by atoms with Gasteiger partial charge in [0.2, 0.25) is 5.72 Å². The van der Waals surface area contributed by atoms with E-state index in [0.29, 0.717) is 0 Å². The van der Waals surface area contributed by atoms with Gasteiger partial charge in [0.05, 0.1) is 12.7 Å². The molecule has 1 aromatic carbocycles. The molecule has 2 unspecified atom stereocenters. The van der Waals surface area contributed by atoms with Gasteiger partial charge in [0.1, 0.15) is 24.0 Å². The van der Waals surface area contributed by atoms with Gasteiger partial charge in [-0.15, -0.1) is 0 Å². The molecule has 206 valence electrons. The highest BCUT2D eigenvalue weighted by atomic mass is 31.2. The van der Waals surface area contributed by atoms with Crippen LogP contribution in [-0.4, -0.2) is 70.0 Å². The molecule has 38 heavy (non-hydrogen) atoms. The lowest BCUT2D eigenvalue weighted by Crippen LogP contribution is -2.49. The summed E-state index contributed by atoms with van der Waals surface area (Å²) in [5.41, 5.74) is 7.11. The lowest BCUT2D eigenvalue weighted by molar-refractivity contribution is -0.149. The Morgan fingerprint density at radius 1 is 1.37 bits per heavy atom. The first-order chi connectivity index (χ1) is 17.9. The number of carbonyl (C=O) groups excluding carboxylic acids is 2. The van der Waals surface area contributed by atoms with Crippen LogP contribution in [0.3, 0.4) is 0 Å². The maximum atomic E-state index is 13.8. The van der Waals surface area contributed by atoms with Crippen LogP contribution < -0.4 is 14.9 Å². The number of rotatable bonds is 11. The van der Waals surface area contributed by atoms with Gasteiger partial charge in [0, 0.05) is 16.8 Å². The van der Waals surface area contributed by atoms with E-state index in [1.54, 1.807) is 32.0 Å². The number of ether oxygens (including phenoxy) is 2. The van der Waals surface area contributed by atoms with Crippen molar-refractivity contribution in [2.45, 2.75) is 57.1 Å². The number of nitrogens with zero attached hydrogens (tertiary/aromatic N) is 4. The Bertz CT molecular complexity index is 1180. The summed E-state index contributed by atoms with van der Waals surface area (Å²) < 4.78 is 35.6. The predicted octanol–water partition coefficient (Wildman–Crippen LogP) is 2.26. The number of hydrogen-bond acceptors (Lipinski definition) is 10. The third-order valence-corrected chi connectivity index (χ3v) is 6.92. The first-order valence-corrected chi connectivity index (χ1v) is 13.0. The molecule has 0 bridgehead atoms. The van der Waals surface area contributed by atoms with Crippen LogP contribution in [0, 0.1) is 0 Å². The van der Waals surface area contributed by atoms with E-state index >= 15 is 0 Å². The standard InChI is InChI=1S/C22H29N6O9P/c1-13(2)35-20(31)15(4)25-38(33,37-16-8-6-5-7-9-16)34-12-22(26-27-23)18(30)17(29)19(36-22)28-11-10-14(3)24-21(28)32/h5-11,13,15,17-19,29-30H,3,12H2,1-2,4H3,(H,24,32)(H,25,33)/t15?,17-,18-,19+,22+,38?/m0/s1. The smallest absolute Gasteiger partial charge is 0.459 e. The lowest BCUT2D eigenvalue weighted by Gasteiger charge is -2.31. The molecule has 0 saturated carbocycles. The van der Waals surface area contributed by atoms with Crippen LogP contribution in [0.5, 0.6) is 5.75 Å². The largest absolute Gasteiger partial charge is 0.462 e. The van der Waals surface area contributed by atoms with Crippen LogP contribution in [0.1, 0.15) is 20.8 Å². The predicted molar refractivity (Wildman–Crippen MR) is 132 cm³/mol. The summed E-state index contributed by atoms with van der Waals surface area (Å²) in [5, 5.41) is 29.8. The Balaban J connectivity index is 1.87. The number of para-hydroxylation sites is 1. The van der Waals surface area contributed by atoms with Crippen molar-refractivity contribution in [2.24, 2.45) is 5.11 Å². The lowest BCUT2D eigenvalue weighted by atomic mass is 10.1. The minimum Gasteiger partial charge on any atom is -0.462 e. The van der Waals surface area contributed by atoms with Crippen molar-refractivity contribution >= 4 is 19.7 Å². The van der Waals surface area contributed by atoms with Crippen LogP contribution >= 0.6 is 7.75 Å². The number of azide groups is 1. The Labute approximate surface area is 218 Å². The van der Waals surface area contributed by atoms with Crippen molar-refractivity contribution < 1.29 is 42.9 Å². The number of urea groups is 1. The normalized spacial score (nSPS) is 27.3. The van der Waals surface area contributed by atoms with Crippen LogP contribution in [0.2, 0.25) is 0 Å². The Morgan fingerprint density at radius 2 is 2.05 bits per heavy atom. The summed E-state index contributed by atoms with van der Waals surface area (Å²) in [4.78, 5) is 28.3. The average Bonchev–Trinajstić information content (AvgIpc) is 3.09. The molecule has 2 amide bonds. The number of carbonyl (C=O) groups is 2. The van der Waals surface area contributed by atoms with E-state index in [2.05, 4.69) is 27.0 Å². The molecule has 1 saturated heterocycles. The molecule has 1 aromatic rings. The highest BCUT2D eigenvalue weighted by Gasteiger charge is 2.58. The van der Waals surface area contributed by atoms with Crippen molar-refractivity contribution in [2.75, 3.05) is 6.61 Å². The maximum absolute atomic E-state index is 13.8. The molecule has 6 atom stereocenters. The van der Waals surface area contributed by atoms with Crippen molar-refractivity contribution in [1.82, 2.24) is 15.3 Å². The molecule has 2 aliphatic rings. The molecule has 4 N–H and O–H groups in total. The fourth-order valence-electron chi connectivity index (χ4n) is 3.49. The number of aliphatic hydroxyl groups is 2. The maximum Gasteiger partial charge on any atom is 0.459 e. The monoisotopic (exact) mass is 552 g/mol. The van der Waals surface area contributed by atoms with Gasteiger partial charge in [0.25, 0.3) is 0 Å². The molecule has 0 aliphatic carbocycles. The SMILES string of the molecule is C=C1C=CN([C@@H]2O[C@@](COP(=O)(NC(C)C(=O)OC(C)C)Oc3ccccc3)(N=[N+]=[N-])[C@@H](O)[C@@H]2O)C(=O)N1. The molecule has 16 heteroatoms. The number of nitrogens with one attached hydrogen (secondary N) is 2. The Hall–Kier alpha value is -3.42. The fraction of sp³-hybridized carbons (Fsp3) is 0.455. The van der Waals surface area contributed by atoms with Gasteiger partial charge < -0.3 is 29.5 Å². The molecule has 15 nitrogen and oxygen atoms in total. The zero-order chi connectivity index (χ0) is 28.1. The molecule has 0 aromatic heterocycles. The Morgan fingerprint density at radius 3 is 2.66 bits per heavy atom. The zero-order valence-electron chi connectivity index (χ0n) is 20.8. The van der Waals surface area contributed by atoms with Crippen LogP contribution in [-0.2, 0) is 23.4 Å². The van der Waals surface area contributed by atoms with E-state index in [4.69, 9.17) is 18.5 Å². The number of esters is 1. The van der Waals surface area contributed by atoms with E-state index in [0.717, 1.165) is 4.90 Å². The average molecular weight is 552 g/mol. The minimum absolute atomic E-state index is 0.103. The second kappa shape index (κ2) is 12.0. The highest BCUT2D eigenvalue weighted by Crippen LogP contribution is 2.47. The van der Waals surface area contributed by atoms with Crippen molar-refractivity contribution in [1.29, 1.82) is 0 Å². The second-order valence-corrected chi connectivity index (χ2v) is 10.4. The van der Waals surface area contributed by atoms with Gasteiger partial charge in [-0.3, -0.25) is 14.2 Å². The van der Waals surface area contributed by atoms with Crippen molar-refractivity contribution in [3.8, 4) is 5.75 Å². The van der Waals surface area contributed by atoms with Crippen molar-refractivity contribution in [3.63, 3.8) is 0 Å². The van der Waals surface area contributed by atoms with E-state index < -0.39 is 62.7 Å². The molecule has 2 heterocycles. The number of hydrogen-bond donors (Lipinski definition) is 4. The number of allylic oxidation sites excluding steroid dienone is 1. The Kier molecular flexibility index (Phi) is 9.18. The van der Waals surface area contributed by atoms with Gasteiger partial charge in [-0.05, 0) is 44.5 Å².